The topological polar surface area (TPSA) is 134 Å². The first-order valence-corrected chi connectivity index (χ1v) is 10.0. The third-order valence-corrected chi connectivity index (χ3v) is 4.12. The van der Waals surface area contributed by atoms with E-state index >= 15 is 0 Å². The Morgan fingerprint density at radius 3 is 2.03 bits per heavy atom. The summed E-state index contributed by atoms with van der Waals surface area (Å²) in [7, 11) is 0. The van der Waals surface area contributed by atoms with Gasteiger partial charge in [0.05, 0.1) is 6.10 Å². The summed E-state index contributed by atoms with van der Waals surface area (Å²) in [6.45, 7) is 11.8. The average Bonchev–Trinajstić information content (AvgIpc) is 2.56. The molecule has 0 fully saturated rings. The van der Waals surface area contributed by atoms with Gasteiger partial charge in [-0.05, 0) is 47.5 Å². The maximum Gasteiger partial charge on any atom is 0.407 e. The van der Waals surface area contributed by atoms with Crippen molar-refractivity contribution in [1.29, 1.82) is 0 Å². The smallest absolute Gasteiger partial charge is 0.407 e. The number of alkyl carbamates (subject to hydrolysis) is 1. The van der Waals surface area contributed by atoms with Gasteiger partial charge in [-0.2, -0.15) is 0 Å². The summed E-state index contributed by atoms with van der Waals surface area (Å²) in [5.41, 5.74) is -0.600. The Bertz CT molecular complexity index is 571. The van der Waals surface area contributed by atoms with E-state index in [1.54, 1.807) is 27.7 Å². The summed E-state index contributed by atoms with van der Waals surface area (Å²) in [6.07, 6.45) is -0.180. The Kier molecular flexibility index (Phi) is 11.5. The molecule has 0 aliphatic rings. The van der Waals surface area contributed by atoms with Gasteiger partial charge in [-0.1, -0.05) is 20.3 Å². The number of hydrogen-bond donors (Lipinski definition) is 4. The predicted octanol–water partition coefficient (Wildman–Crippen LogP) is 1.28. The Labute approximate surface area is 173 Å². The van der Waals surface area contributed by atoms with Crippen LogP contribution in [0.5, 0.6) is 0 Å². The Hall–Kier alpha value is -2.16. The molecule has 4 atom stereocenters. The third kappa shape index (κ3) is 11.4. The van der Waals surface area contributed by atoms with E-state index < -0.39 is 41.7 Å². The lowest BCUT2D eigenvalue weighted by Gasteiger charge is -2.24. The van der Waals surface area contributed by atoms with Crippen molar-refractivity contribution < 1.29 is 29.0 Å². The van der Waals surface area contributed by atoms with Crippen LogP contribution in [0, 0.1) is 5.92 Å². The van der Waals surface area contributed by atoms with Gasteiger partial charge in [-0.3, -0.25) is 14.4 Å². The highest BCUT2D eigenvalue weighted by Crippen LogP contribution is 2.08. The van der Waals surface area contributed by atoms with Crippen LogP contribution in [0.4, 0.5) is 4.79 Å². The predicted molar refractivity (Wildman–Crippen MR) is 109 cm³/mol. The number of carbonyl (C=O) groups excluding carboxylic acids is 4. The summed E-state index contributed by atoms with van der Waals surface area (Å²) in [5, 5.41) is 17.4. The molecule has 0 radical (unpaired) electrons. The summed E-state index contributed by atoms with van der Waals surface area (Å²) in [5.74, 6) is -1.66. The molecular weight excluding hydrogens is 378 g/mol. The fourth-order valence-corrected chi connectivity index (χ4v) is 2.52. The number of rotatable bonds is 11. The summed E-state index contributed by atoms with van der Waals surface area (Å²) >= 11 is 0. The van der Waals surface area contributed by atoms with Crippen LogP contribution >= 0.6 is 0 Å². The molecule has 0 aromatic heterocycles. The van der Waals surface area contributed by atoms with Gasteiger partial charge in [0.25, 0.3) is 0 Å². The van der Waals surface area contributed by atoms with E-state index in [4.69, 9.17) is 4.74 Å². The normalized spacial score (nSPS) is 15.4. The van der Waals surface area contributed by atoms with Gasteiger partial charge in [0.1, 0.15) is 17.7 Å². The minimum atomic E-state index is -1.03. The first-order chi connectivity index (χ1) is 13.3. The Morgan fingerprint density at radius 1 is 1.00 bits per heavy atom. The summed E-state index contributed by atoms with van der Waals surface area (Å²) < 4.78 is 5.13. The van der Waals surface area contributed by atoms with E-state index in [9.17, 15) is 24.3 Å². The molecule has 0 bridgehead atoms. The Morgan fingerprint density at radius 2 is 1.59 bits per heavy atom. The van der Waals surface area contributed by atoms with E-state index in [1.165, 1.54) is 13.8 Å². The molecular formula is C20H37N3O6. The first kappa shape index (κ1) is 26.8. The zero-order valence-electron chi connectivity index (χ0n) is 18.6. The highest BCUT2D eigenvalue weighted by molar-refractivity contribution is 5.92. The van der Waals surface area contributed by atoms with Crippen molar-refractivity contribution in [3.05, 3.63) is 0 Å². The summed E-state index contributed by atoms with van der Waals surface area (Å²) in [4.78, 5) is 48.1. The van der Waals surface area contributed by atoms with Crippen molar-refractivity contribution in [1.82, 2.24) is 16.0 Å². The molecule has 4 N–H and O–H groups in total. The second-order valence-electron chi connectivity index (χ2n) is 8.31. The van der Waals surface area contributed by atoms with Crippen molar-refractivity contribution in [2.75, 3.05) is 6.54 Å². The number of ketones is 1. The Balaban J connectivity index is 4.69. The fourth-order valence-electron chi connectivity index (χ4n) is 2.52. The van der Waals surface area contributed by atoms with Gasteiger partial charge in [-0.25, -0.2) is 4.79 Å². The van der Waals surface area contributed by atoms with Gasteiger partial charge in [0.15, 0.2) is 5.78 Å². The zero-order valence-corrected chi connectivity index (χ0v) is 18.6. The number of amides is 3. The molecule has 0 spiro atoms. The molecule has 0 aromatic carbocycles. The van der Waals surface area contributed by atoms with E-state index in [1.807, 2.05) is 6.92 Å². The number of Topliss-reactive ketones (excluding diaryl/α,β-unsaturated/α-hetero) is 1. The maximum atomic E-state index is 12.5. The molecule has 0 rings (SSSR count). The number of carbonyl (C=O) groups is 4. The third-order valence-electron chi connectivity index (χ3n) is 4.12. The van der Waals surface area contributed by atoms with Crippen molar-refractivity contribution in [3.63, 3.8) is 0 Å². The standard InChI is InChI=1S/C20H37N3O6/c1-8-9-15(18(27)23-16(13(3)24)14(4)25)22-17(26)12(2)10-11-21-19(28)29-20(5,6)7/h12-13,15-16,24H,8-11H2,1-7H3,(H,21,28)(H,22,26)(H,23,27)/t12-,13?,15-,16-/m0/s1. The van der Waals surface area contributed by atoms with Crippen molar-refractivity contribution in [2.24, 2.45) is 5.92 Å². The monoisotopic (exact) mass is 415 g/mol. The van der Waals surface area contributed by atoms with E-state index in [-0.39, 0.29) is 18.2 Å². The largest absolute Gasteiger partial charge is 0.444 e. The van der Waals surface area contributed by atoms with Crippen LogP contribution in [0.25, 0.3) is 0 Å². The second-order valence-corrected chi connectivity index (χ2v) is 8.31. The van der Waals surface area contributed by atoms with Gasteiger partial charge in [0, 0.05) is 12.5 Å². The van der Waals surface area contributed by atoms with Gasteiger partial charge in [-0.15, -0.1) is 0 Å². The fraction of sp³-hybridized carbons (Fsp3) is 0.800. The molecule has 0 aromatic rings. The average molecular weight is 416 g/mol. The maximum absolute atomic E-state index is 12.5. The number of hydrogen-bond acceptors (Lipinski definition) is 6. The zero-order chi connectivity index (χ0) is 22.8. The lowest BCUT2D eigenvalue weighted by atomic mass is 10.0. The van der Waals surface area contributed by atoms with Crippen LogP contribution in [0.15, 0.2) is 0 Å². The van der Waals surface area contributed by atoms with Crippen LogP contribution in [0.1, 0.15) is 67.7 Å². The SMILES string of the molecule is CCC[C@H](NC(=O)[C@@H](C)CCNC(=O)OC(C)(C)C)C(=O)N[C@H](C(C)=O)C(C)O. The van der Waals surface area contributed by atoms with Crippen molar-refractivity contribution in [3.8, 4) is 0 Å². The van der Waals surface area contributed by atoms with E-state index in [2.05, 4.69) is 16.0 Å². The lowest BCUT2D eigenvalue weighted by molar-refractivity contribution is -0.133. The van der Waals surface area contributed by atoms with Crippen LogP contribution in [0.2, 0.25) is 0 Å². The van der Waals surface area contributed by atoms with Crippen molar-refractivity contribution >= 4 is 23.7 Å². The summed E-state index contributed by atoms with van der Waals surface area (Å²) in [6, 6.07) is -1.83. The first-order valence-electron chi connectivity index (χ1n) is 10.0. The minimum absolute atomic E-state index is 0.253. The minimum Gasteiger partial charge on any atom is -0.444 e. The molecule has 0 aliphatic heterocycles. The number of aliphatic hydroxyl groups excluding tert-OH is 1. The van der Waals surface area contributed by atoms with Crippen LogP contribution in [0.3, 0.4) is 0 Å². The van der Waals surface area contributed by atoms with Crippen LogP contribution in [-0.2, 0) is 19.1 Å². The lowest BCUT2D eigenvalue weighted by Crippen LogP contribution is -2.54. The number of aliphatic hydroxyl groups is 1. The van der Waals surface area contributed by atoms with Crippen molar-refractivity contribution in [2.45, 2.75) is 91.5 Å². The molecule has 29 heavy (non-hydrogen) atoms. The van der Waals surface area contributed by atoms with Crippen LogP contribution in [-0.4, -0.2) is 59.1 Å². The van der Waals surface area contributed by atoms with Gasteiger partial charge < -0.3 is 25.8 Å². The van der Waals surface area contributed by atoms with Gasteiger partial charge in [0.2, 0.25) is 11.8 Å². The molecule has 168 valence electrons. The van der Waals surface area contributed by atoms with E-state index in [0.29, 0.717) is 19.3 Å². The second kappa shape index (κ2) is 12.4. The molecule has 9 nitrogen and oxygen atoms in total. The molecule has 0 saturated carbocycles. The molecule has 0 aliphatic carbocycles. The highest BCUT2D eigenvalue weighted by Gasteiger charge is 2.28. The molecule has 0 heterocycles. The highest BCUT2D eigenvalue weighted by atomic mass is 16.6. The molecule has 0 saturated heterocycles. The van der Waals surface area contributed by atoms with Gasteiger partial charge >= 0.3 is 6.09 Å². The molecule has 1 unspecified atom stereocenters. The number of nitrogens with one attached hydrogen (secondary N) is 3. The quantitative estimate of drug-likeness (QED) is 0.402. The number of ether oxygens (including phenoxy) is 1. The van der Waals surface area contributed by atoms with E-state index in [0.717, 1.165) is 0 Å². The molecule has 9 heteroatoms. The molecule has 3 amide bonds. The van der Waals surface area contributed by atoms with Crippen LogP contribution < -0.4 is 16.0 Å².